The van der Waals surface area contributed by atoms with E-state index in [1.807, 2.05) is 13.0 Å². The number of carbonyl (C=O) groups is 1. The van der Waals surface area contributed by atoms with Crippen molar-refractivity contribution in [3.63, 3.8) is 0 Å². The maximum absolute atomic E-state index is 13.7. The van der Waals surface area contributed by atoms with Crippen LogP contribution in [0.3, 0.4) is 0 Å². The fourth-order valence-corrected chi connectivity index (χ4v) is 2.48. The average molecular weight is 405 g/mol. The van der Waals surface area contributed by atoms with E-state index in [1.54, 1.807) is 12.1 Å². The van der Waals surface area contributed by atoms with Gasteiger partial charge in [0.2, 0.25) is 0 Å². The number of carbonyl (C=O) groups excluding carboxylic acids is 1. The van der Waals surface area contributed by atoms with Crippen LogP contribution in [0.2, 0.25) is 0 Å². The number of rotatable bonds is 2. The second-order valence-electron chi connectivity index (χ2n) is 4.18. The standard InChI is InChI=1S/C14H9Br2F2NO/c1-7-2-3-10(16)9(4-7)14(20)19-13-11(17)5-8(15)6-12(13)18/h2-6H,1H3,(H,19,20). The predicted molar refractivity (Wildman–Crippen MR) is 80.9 cm³/mol. The highest BCUT2D eigenvalue weighted by Crippen LogP contribution is 2.25. The van der Waals surface area contributed by atoms with Crippen LogP contribution in [0, 0.1) is 18.6 Å². The van der Waals surface area contributed by atoms with Crippen LogP contribution in [-0.4, -0.2) is 5.91 Å². The van der Waals surface area contributed by atoms with Crippen LogP contribution >= 0.6 is 31.9 Å². The van der Waals surface area contributed by atoms with Crippen molar-refractivity contribution in [2.75, 3.05) is 5.32 Å². The number of anilines is 1. The summed E-state index contributed by atoms with van der Waals surface area (Å²) in [6.45, 7) is 1.82. The van der Waals surface area contributed by atoms with Crippen molar-refractivity contribution in [3.8, 4) is 0 Å². The zero-order valence-corrected chi connectivity index (χ0v) is 13.5. The van der Waals surface area contributed by atoms with Crippen molar-refractivity contribution in [1.29, 1.82) is 0 Å². The lowest BCUT2D eigenvalue weighted by Crippen LogP contribution is -2.15. The topological polar surface area (TPSA) is 29.1 Å². The molecule has 0 fully saturated rings. The largest absolute Gasteiger partial charge is 0.317 e. The van der Waals surface area contributed by atoms with E-state index in [0.717, 1.165) is 17.7 Å². The lowest BCUT2D eigenvalue weighted by Gasteiger charge is -2.10. The average Bonchev–Trinajstić information content (AvgIpc) is 2.36. The van der Waals surface area contributed by atoms with E-state index < -0.39 is 23.2 Å². The summed E-state index contributed by atoms with van der Waals surface area (Å²) in [5.41, 5.74) is 0.716. The third kappa shape index (κ3) is 3.24. The lowest BCUT2D eigenvalue weighted by atomic mass is 10.1. The van der Waals surface area contributed by atoms with Crippen molar-refractivity contribution >= 4 is 43.5 Å². The number of halogens is 4. The Balaban J connectivity index is 2.35. The number of nitrogens with one attached hydrogen (secondary N) is 1. The quantitative estimate of drug-likeness (QED) is 0.745. The monoisotopic (exact) mass is 403 g/mol. The summed E-state index contributed by atoms with van der Waals surface area (Å²) in [7, 11) is 0. The fraction of sp³-hybridized carbons (Fsp3) is 0.0714. The Labute approximate surface area is 131 Å². The maximum atomic E-state index is 13.7. The van der Waals surface area contributed by atoms with Crippen molar-refractivity contribution in [1.82, 2.24) is 0 Å². The van der Waals surface area contributed by atoms with Crippen LogP contribution < -0.4 is 5.32 Å². The Morgan fingerprint density at radius 3 is 2.30 bits per heavy atom. The van der Waals surface area contributed by atoms with Gasteiger partial charge < -0.3 is 5.32 Å². The van der Waals surface area contributed by atoms with Crippen LogP contribution in [0.1, 0.15) is 15.9 Å². The van der Waals surface area contributed by atoms with E-state index in [0.29, 0.717) is 10.0 Å². The van der Waals surface area contributed by atoms with Crippen LogP contribution in [0.15, 0.2) is 39.3 Å². The van der Waals surface area contributed by atoms with Crippen LogP contribution in [0.25, 0.3) is 0 Å². The van der Waals surface area contributed by atoms with Gasteiger partial charge in [0.25, 0.3) is 5.91 Å². The molecule has 0 heterocycles. The number of benzene rings is 2. The summed E-state index contributed by atoms with van der Waals surface area (Å²) in [6, 6.07) is 7.34. The highest BCUT2D eigenvalue weighted by Gasteiger charge is 2.16. The van der Waals surface area contributed by atoms with Gasteiger partial charge in [0.15, 0.2) is 11.6 Å². The van der Waals surface area contributed by atoms with Crippen molar-refractivity contribution in [2.45, 2.75) is 6.92 Å². The van der Waals surface area contributed by atoms with Crippen molar-refractivity contribution in [2.24, 2.45) is 0 Å². The minimum atomic E-state index is -0.839. The summed E-state index contributed by atoms with van der Waals surface area (Å²) in [4.78, 5) is 12.1. The molecule has 1 N–H and O–H groups in total. The van der Waals surface area contributed by atoms with Gasteiger partial charge in [0.05, 0.1) is 5.56 Å². The lowest BCUT2D eigenvalue weighted by molar-refractivity contribution is 0.102. The Bertz CT molecular complexity index is 666. The van der Waals surface area contributed by atoms with Gasteiger partial charge in [-0.3, -0.25) is 4.79 Å². The fourth-order valence-electron chi connectivity index (χ4n) is 1.66. The molecule has 0 bridgehead atoms. The smallest absolute Gasteiger partial charge is 0.256 e. The molecule has 0 atom stereocenters. The molecule has 20 heavy (non-hydrogen) atoms. The first-order valence-electron chi connectivity index (χ1n) is 5.60. The molecule has 0 aliphatic heterocycles. The molecule has 0 saturated heterocycles. The van der Waals surface area contributed by atoms with Crippen LogP contribution in [0.5, 0.6) is 0 Å². The highest BCUT2D eigenvalue weighted by molar-refractivity contribution is 9.10. The molecule has 0 aliphatic carbocycles. The Hall–Kier alpha value is -1.27. The number of aryl methyl sites for hydroxylation is 1. The van der Waals surface area contributed by atoms with E-state index in [-0.39, 0.29) is 4.47 Å². The van der Waals surface area contributed by atoms with E-state index in [9.17, 15) is 13.6 Å². The van der Waals surface area contributed by atoms with Crippen molar-refractivity contribution < 1.29 is 13.6 Å². The Kier molecular flexibility index (Phi) is 4.55. The summed E-state index contributed by atoms with van der Waals surface area (Å²) < 4.78 is 28.2. The van der Waals surface area contributed by atoms with Crippen molar-refractivity contribution in [3.05, 3.63) is 62.0 Å². The predicted octanol–water partition coefficient (Wildman–Crippen LogP) is 5.05. The summed E-state index contributed by atoms with van der Waals surface area (Å²) in [5, 5.41) is 2.25. The number of hydrogen-bond donors (Lipinski definition) is 1. The van der Waals surface area contributed by atoms with Gasteiger partial charge in [-0.15, -0.1) is 0 Å². The molecule has 2 rings (SSSR count). The third-order valence-electron chi connectivity index (χ3n) is 2.61. The first kappa shape index (κ1) is 15.1. The molecule has 2 nitrogen and oxygen atoms in total. The molecule has 0 saturated carbocycles. The molecule has 0 unspecified atom stereocenters. The molecule has 2 aromatic rings. The second-order valence-corrected chi connectivity index (χ2v) is 5.95. The Morgan fingerprint density at radius 1 is 1.10 bits per heavy atom. The first-order valence-corrected chi connectivity index (χ1v) is 7.19. The normalized spacial score (nSPS) is 10.4. The number of amides is 1. The molecule has 0 spiro atoms. The van der Waals surface area contributed by atoms with Gasteiger partial charge in [-0.2, -0.15) is 0 Å². The van der Waals surface area contributed by atoms with Crippen LogP contribution in [-0.2, 0) is 0 Å². The van der Waals surface area contributed by atoms with Gasteiger partial charge in [0, 0.05) is 8.95 Å². The van der Waals surface area contributed by atoms with Gasteiger partial charge in [-0.1, -0.05) is 27.6 Å². The van der Waals surface area contributed by atoms with E-state index in [4.69, 9.17) is 0 Å². The zero-order chi connectivity index (χ0) is 14.9. The minimum Gasteiger partial charge on any atom is -0.317 e. The third-order valence-corrected chi connectivity index (χ3v) is 3.76. The molecule has 0 aliphatic rings. The summed E-state index contributed by atoms with van der Waals surface area (Å²) >= 11 is 6.22. The van der Waals surface area contributed by atoms with Gasteiger partial charge >= 0.3 is 0 Å². The molecule has 0 radical (unpaired) electrons. The molecule has 2 aromatic carbocycles. The van der Waals surface area contributed by atoms with Crippen LogP contribution in [0.4, 0.5) is 14.5 Å². The Morgan fingerprint density at radius 2 is 1.70 bits per heavy atom. The zero-order valence-electron chi connectivity index (χ0n) is 10.3. The molecular formula is C14H9Br2F2NO. The van der Waals surface area contributed by atoms with E-state index in [2.05, 4.69) is 37.2 Å². The number of hydrogen-bond acceptors (Lipinski definition) is 1. The minimum absolute atomic E-state index is 0.266. The molecular weight excluding hydrogens is 396 g/mol. The first-order chi connectivity index (χ1) is 9.38. The summed E-state index contributed by atoms with van der Waals surface area (Å²) in [5.74, 6) is -2.26. The van der Waals surface area contributed by atoms with Gasteiger partial charge in [0.1, 0.15) is 5.69 Å². The second kappa shape index (κ2) is 6.01. The van der Waals surface area contributed by atoms with Gasteiger partial charge in [-0.05, 0) is 47.1 Å². The molecule has 0 aromatic heterocycles. The molecule has 6 heteroatoms. The summed E-state index contributed by atoms with van der Waals surface area (Å²) in [6.07, 6.45) is 0. The SMILES string of the molecule is Cc1ccc(Br)c(C(=O)Nc2c(F)cc(Br)cc2F)c1. The highest BCUT2D eigenvalue weighted by atomic mass is 79.9. The van der Waals surface area contributed by atoms with Gasteiger partial charge in [-0.25, -0.2) is 8.78 Å². The maximum Gasteiger partial charge on any atom is 0.256 e. The van der Waals surface area contributed by atoms with E-state index in [1.165, 1.54) is 0 Å². The molecule has 1 amide bonds. The van der Waals surface area contributed by atoms with E-state index >= 15 is 0 Å². The molecule has 104 valence electrons.